The molecule has 0 aliphatic carbocycles. The van der Waals surface area contributed by atoms with E-state index >= 15 is 0 Å². The van der Waals surface area contributed by atoms with E-state index in [9.17, 15) is 4.79 Å². The van der Waals surface area contributed by atoms with Gasteiger partial charge in [-0.1, -0.05) is 44.7 Å². The van der Waals surface area contributed by atoms with Gasteiger partial charge in [0, 0.05) is 11.8 Å². The first-order valence-corrected chi connectivity index (χ1v) is 8.67. The Bertz CT molecular complexity index is 729. The van der Waals surface area contributed by atoms with E-state index < -0.39 is 0 Å². The van der Waals surface area contributed by atoms with Gasteiger partial charge in [0.2, 0.25) is 5.91 Å². The summed E-state index contributed by atoms with van der Waals surface area (Å²) in [6, 6.07) is 14.9. The molecule has 2 rings (SSSR count). The van der Waals surface area contributed by atoms with Gasteiger partial charge in [0.25, 0.3) is 0 Å². The number of carbonyl (C=O) groups excluding carboxylic acids is 1. The molecule has 0 unspecified atom stereocenters. The number of amides is 1. The van der Waals surface area contributed by atoms with Gasteiger partial charge >= 0.3 is 0 Å². The van der Waals surface area contributed by atoms with E-state index in [0.29, 0.717) is 30.6 Å². The molecule has 0 saturated carbocycles. The minimum atomic E-state index is -0.149. The molecule has 0 saturated heterocycles. The monoisotopic (exact) mass is 354 g/mol. The molecule has 1 amide bonds. The van der Waals surface area contributed by atoms with Crippen LogP contribution < -0.4 is 20.1 Å². The van der Waals surface area contributed by atoms with Gasteiger partial charge in [0.15, 0.2) is 0 Å². The van der Waals surface area contributed by atoms with Crippen LogP contribution in [0.3, 0.4) is 0 Å². The molecule has 0 aliphatic heterocycles. The molecular weight excluding hydrogens is 328 g/mol. The molecule has 138 valence electrons. The number of benzene rings is 2. The van der Waals surface area contributed by atoms with Crippen LogP contribution in [0, 0.1) is 5.92 Å². The van der Waals surface area contributed by atoms with Gasteiger partial charge in [0.05, 0.1) is 18.8 Å². The van der Waals surface area contributed by atoms with Crippen LogP contribution in [0.15, 0.2) is 61.2 Å². The summed E-state index contributed by atoms with van der Waals surface area (Å²) in [4.78, 5) is 12.2. The van der Waals surface area contributed by atoms with Crippen LogP contribution in [-0.4, -0.2) is 25.7 Å². The summed E-state index contributed by atoms with van der Waals surface area (Å²) in [5.74, 6) is 1.72. The normalized spacial score (nSPS) is 10.3. The molecule has 2 N–H and O–H groups in total. The lowest BCUT2D eigenvalue weighted by Gasteiger charge is -2.13. The van der Waals surface area contributed by atoms with Crippen LogP contribution in [0.2, 0.25) is 0 Å². The average Bonchev–Trinajstić information content (AvgIpc) is 2.64. The number of hydrogen-bond acceptors (Lipinski definition) is 4. The summed E-state index contributed by atoms with van der Waals surface area (Å²) in [5, 5.41) is 5.96. The second kappa shape index (κ2) is 10.1. The minimum absolute atomic E-state index is 0.130. The third-order valence-corrected chi connectivity index (χ3v) is 3.38. The van der Waals surface area contributed by atoms with Gasteiger partial charge < -0.3 is 20.1 Å². The smallest absolute Gasteiger partial charge is 0.243 e. The van der Waals surface area contributed by atoms with Gasteiger partial charge in [-0.05, 0) is 30.2 Å². The SMILES string of the molecule is C=CCOc1ccccc1NCC(=O)Nc1cccc(OCC(C)C)c1. The van der Waals surface area contributed by atoms with Gasteiger partial charge in [0.1, 0.15) is 18.1 Å². The Hall–Kier alpha value is -2.95. The van der Waals surface area contributed by atoms with Crippen molar-refractivity contribution < 1.29 is 14.3 Å². The molecule has 0 atom stereocenters. The van der Waals surface area contributed by atoms with Crippen LogP contribution >= 0.6 is 0 Å². The molecule has 0 heterocycles. The first kappa shape index (κ1) is 19.4. The zero-order chi connectivity index (χ0) is 18.8. The fraction of sp³-hybridized carbons (Fsp3) is 0.286. The van der Waals surface area contributed by atoms with Crippen molar-refractivity contribution in [2.24, 2.45) is 5.92 Å². The zero-order valence-electron chi connectivity index (χ0n) is 15.3. The van der Waals surface area contributed by atoms with Crippen molar-refractivity contribution in [2.45, 2.75) is 13.8 Å². The predicted octanol–water partition coefficient (Wildman–Crippen LogP) is 4.34. The Morgan fingerprint density at radius 2 is 1.96 bits per heavy atom. The summed E-state index contributed by atoms with van der Waals surface area (Å²) in [6.45, 7) is 9.00. The molecule has 2 aromatic carbocycles. The number of nitrogens with one attached hydrogen (secondary N) is 2. The quantitative estimate of drug-likeness (QED) is 0.623. The van der Waals surface area contributed by atoms with E-state index in [4.69, 9.17) is 9.47 Å². The molecular formula is C21H26N2O3. The number of carbonyl (C=O) groups is 1. The lowest BCUT2D eigenvalue weighted by molar-refractivity contribution is -0.114. The number of para-hydroxylation sites is 2. The van der Waals surface area contributed by atoms with Crippen molar-refractivity contribution in [3.8, 4) is 11.5 Å². The van der Waals surface area contributed by atoms with Crippen molar-refractivity contribution in [3.05, 3.63) is 61.2 Å². The highest BCUT2D eigenvalue weighted by Gasteiger charge is 2.07. The lowest BCUT2D eigenvalue weighted by Crippen LogP contribution is -2.22. The molecule has 0 spiro atoms. The topological polar surface area (TPSA) is 59.6 Å². The zero-order valence-corrected chi connectivity index (χ0v) is 15.3. The Balaban J connectivity index is 1.89. The van der Waals surface area contributed by atoms with Gasteiger partial charge in [-0.25, -0.2) is 0 Å². The summed E-state index contributed by atoms with van der Waals surface area (Å²) in [6.07, 6.45) is 1.68. The Labute approximate surface area is 155 Å². The van der Waals surface area contributed by atoms with Crippen molar-refractivity contribution in [1.29, 1.82) is 0 Å². The van der Waals surface area contributed by atoms with Crippen molar-refractivity contribution in [2.75, 3.05) is 30.4 Å². The minimum Gasteiger partial charge on any atom is -0.493 e. The van der Waals surface area contributed by atoms with E-state index in [1.54, 1.807) is 6.08 Å². The third kappa shape index (κ3) is 6.51. The molecule has 5 heteroatoms. The summed E-state index contributed by atoms with van der Waals surface area (Å²) in [5.41, 5.74) is 1.47. The molecule has 5 nitrogen and oxygen atoms in total. The molecule has 0 aromatic heterocycles. The number of anilines is 2. The van der Waals surface area contributed by atoms with Crippen LogP contribution in [0.4, 0.5) is 11.4 Å². The van der Waals surface area contributed by atoms with E-state index in [2.05, 4.69) is 31.1 Å². The first-order chi connectivity index (χ1) is 12.6. The molecule has 2 aromatic rings. The van der Waals surface area contributed by atoms with Gasteiger partial charge in [-0.3, -0.25) is 4.79 Å². The molecule has 0 fully saturated rings. The van der Waals surface area contributed by atoms with Crippen LogP contribution in [0.5, 0.6) is 11.5 Å². The van der Waals surface area contributed by atoms with Crippen LogP contribution in [0.1, 0.15) is 13.8 Å². The van der Waals surface area contributed by atoms with E-state index in [-0.39, 0.29) is 12.5 Å². The Morgan fingerprint density at radius 1 is 1.15 bits per heavy atom. The molecule has 0 aliphatic rings. The van der Waals surface area contributed by atoms with Gasteiger partial charge in [-0.2, -0.15) is 0 Å². The summed E-state index contributed by atoms with van der Waals surface area (Å²) in [7, 11) is 0. The lowest BCUT2D eigenvalue weighted by atomic mass is 10.2. The van der Waals surface area contributed by atoms with Crippen LogP contribution in [0.25, 0.3) is 0 Å². The highest BCUT2D eigenvalue weighted by Crippen LogP contribution is 2.23. The average molecular weight is 354 g/mol. The maximum absolute atomic E-state index is 12.2. The van der Waals surface area contributed by atoms with Crippen molar-refractivity contribution >= 4 is 17.3 Å². The van der Waals surface area contributed by atoms with Crippen molar-refractivity contribution in [3.63, 3.8) is 0 Å². The predicted molar refractivity (Wildman–Crippen MR) is 106 cm³/mol. The molecule has 0 radical (unpaired) electrons. The Kier molecular flexibility index (Phi) is 7.55. The fourth-order valence-corrected chi connectivity index (χ4v) is 2.19. The van der Waals surface area contributed by atoms with E-state index in [0.717, 1.165) is 11.4 Å². The van der Waals surface area contributed by atoms with Crippen LogP contribution in [-0.2, 0) is 4.79 Å². The van der Waals surface area contributed by atoms with Crippen molar-refractivity contribution in [1.82, 2.24) is 0 Å². The number of hydrogen-bond donors (Lipinski definition) is 2. The standard InChI is InChI=1S/C21H26N2O3/c1-4-12-25-20-11-6-5-10-19(20)22-14-21(24)23-17-8-7-9-18(13-17)26-15-16(2)3/h4-11,13,16,22H,1,12,14-15H2,2-3H3,(H,23,24). The van der Waals surface area contributed by atoms with Gasteiger partial charge in [-0.15, -0.1) is 0 Å². The number of rotatable bonds is 10. The molecule has 0 bridgehead atoms. The highest BCUT2D eigenvalue weighted by molar-refractivity contribution is 5.94. The second-order valence-electron chi connectivity index (χ2n) is 6.23. The maximum Gasteiger partial charge on any atom is 0.243 e. The maximum atomic E-state index is 12.2. The fourth-order valence-electron chi connectivity index (χ4n) is 2.19. The third-order valence-electron chi connectivity index (χ3n) is 3.38. The highest BCUT2D eigenvalue weighted by atomic mass is 16.5. The largest absolute Gasteiger partial charge is 0.493 e. The van der Waals surface area contributed by atoms with E-state index in [1.165, 1.54) is 0 Å². The first-order valence-electron chi connectivity index (χ1n) is 8.67. The summed E-state index contributed by atoms with van der Waals surface area (Å²) < 4.78 is 11.3. The Morgan fingerprint density at radius 3 is 2.73 bits per heavy atom. The molecule has 26 heavy (non-hydrogen) atoms. The summed E-state index contributed by atoms with van der Waals surface area (Å²) >= 11 is 0. The van der Waals surface area contributed by atoms with E-state index in [1.807, 2.05) is 48.5 Å². The second-order valence-corrected chi connectivity index (χ2v) is 6.23. The number of ether oxygens (including phenoxy) is 2.